The Morgan fingerprint density at radius 2 is 2.07 bits per heavy atom. The van der Waals surface area contributed by atoms with Crippen LogP contribution in [0.25, 0.3) is 0 Å². The highest BCUT2D eigenvalue weighted by atomic mass is 35.5. The Morgan fingerprint density at radius 3 is 2.72 bits per heavy atom. The average molecular weight is 421 g/mol. The average Bonchev–Trinajstić information content (AvgIpc) is 2.61. The number of hydrogen-bond acceptors (Lipinski definition) is 7. The molecule has 0 N–H and O–H groups in total. The summed E-state index contributed by atoms with van der Waals surface area (Å²) in [6, 6.07) is 2.65. The topological polar surface area (TPSA) is 85.6 Å². The zero-order chi connectivity index (χ0) is 21.3. The van der Waals surface area contributed by atoms with Crippen molar-refractivity contribution in [3.05, 3.63) is 16.5 Å². The maximum Gasteiger partial charge on any atom is 0.410 e. The molecule has 1 aromatic heterocycles. The minimum Gasteiger partial charge on any atom is -0.444 e. The van der Waals surface area contributed by atoms with E-state index in [1.54, 1.807) is 4.90 Å². The summed E-state index contributed by atoms with van der Waals surface area (Å²) in [6.45, 7) is 10.2. The summed E-state index contributed by atoms with van der Waals surface area (Å²) in [5.74, 6) is 0.826. The van der Waals surface area contributed by atoms with Gasteiger partial charge in [0.2, 0.25) is 5.28 Å². The standard InChI is InChI=1S/C20H29ClN6O2/c1-13-10-25(5)14(6-8-22)11-27(13)17-15-7-9-26(19(28)29-20(2,3)4)12-16(15)23-18(21)24-17/h13-14H,6-7,9-12H2,1-5H3/t13-,14+/m1/s1. The van der Waals surface area contributed by atoms with Crippen LogP contribution in [-0.4, -0.2) is 70.2 Å². The zero-order valence-corrected chi connectivity index (χ0v) is 18.5. The van der Waals surface area contributed by atoms with E-state index in [4.69, 9.17) is 21.6 Å². The number of nitriles is 1. The quantitative estimate of drug-likeness (QED) is 0.680. The van der Waals surface area contributed by atoms with Gasteiger partial charge in [0.1, 0.15) is 11.4 Å². The summed E-state index contributed by atoms with van der Waals surface area (Å²) >= 11 is 6.26. The van der Waals surface area contributed by atoms with E-state index in [0.29, 0.717) is 32.5 Å². The van der Waals surface area contributed by atoms with Crippen molar-refractivity contribution in [2.24, 2.45) is 0 Å². The second-order valence-corrected chi connectivity index (χ2v) is 9.19. The first-order valence-corrected chi connectivity index (χ1v) is 10.3. The summed E-state index contributed by atoms with van der Waals surface area (Å²) in [7, 11) is 2.05. The third-order valence-corrected chi connectivity index (χ3v) is 5.55. The molecule has 3 rings (SSSR count). The molecule has 0 spiro atoms. The molecule has 1 saturated heterocycles. The van der Waals surface area contributed by atoms with Gasteiger partial charge in [0.05, 0.1) is 24.7 Å². The van der Waals surface area contributed by atoms with E-state index < -0.39 is 5.60 Å². The molecule has 29 heavy (non-hydrogen) atoms. The van der Waals surface area contributed by atoms with E-state index in [-0.39, 0.29) is 23.5 Å². The molecule has 158 valence electrons. The van der Waals surface area contributed by atoms with Gasteiger partial charge in [-0.25, -0.2) is 14.8 Å². The van der Waals surface area contributed by atoms with Gasteiger partial charge in [-0.1, -0.05) is 0 Å². The third kappa shape index (κ3) is 4.90. The van der Waals surface area contributed by atoms with Gasteiger partial charge < -0.3 is 14.5 Å². The summed E-state index contributed by atoms with van der Waals surface area (Å²) in [5.41, 5.74) is 1.25. The monoisotopic (exact) mass is 420 g/mol. The van der Waals surface area contributed by atoms with Gasteiger partial charge >= 0.3 is 6.09 Å². The fraction of sp³-hybridized carbons (Fsp3) is 0.700. The number of likely N-dealkylation sites (N-methyl/N-ethyl adjacent to an activating group) is 1. The number of carbonyl (C=O) groups is 1. The van der Waals surface area contributed by atoms with Gasteiger partial charge in [-0.05, 0) is 52.8 Å². The second-order valence-electron chi connectivity index (χ2n) is 8.85. The van der Waals surface area contributed by atoms with Crippen molar-refractivity contribution in [1.82, 2.24) is 19.8 Å². The number of aromatic nitrogens is 2. The molecular weight excluding hydrogens is 392 g/mol. The molecule has 1 amide bonds. The van der Waals surface area contributed by atoms with E-state index in [1.807, 2.05) is 20.8 Å². The van der Waals surface area contributed by atoms with Crippen LogP contribution < -0.4 is 4.90 Å². The molecule has 1 aromatic rings. The molecule has 0 aliphatic carbocycles. The van der Waals surface area contributed by atoms with Gasteiger partial charge in [0, 0.05) is 37.3 Å². The van der Waals surface area contributed by atoms with Crippen molar-refractivity contribution in [2.75, 3.05) is 31.6 Å². The van der Waals surface area contributed by atoms with Gasteiger partial charge in [-0.2, -0.15) is 5.26 Å². The van der Waals surface area contributed by atoms with Crippen molar-refractivity contribution < 1.29 is 9.53 Å². The van der Waals surface area contributed by atoms with Gasteiger partial charge in [0.15, 0.2) is 0 Å². The number of halogens is 1. The van der Waals surface area contributed by atoms with Crippen LogP contribution in [0.3, 0.4) is 0 Å². The first-order chi connectivity index (χ1) is 13.6. The Kier molecular flexibility index (Phi) is 6.20. The second kappa shape index (κ2) is 8.33. The van der Waals surface area contributed by atoms with E-state index in [9.17, 15) is 4.79 Å². The molecule has 0 bridgehead atoms. The predicted octanol–water partition coefficient (Wildman–Crippen LogP) is 2.85. The number of carbonyl (C=O) groups excluding carboxylic acids is 1. The first kappa shape index (κ1) is 21.6. The smallest absolute Gasteiger partial charge is 0.410 e. The molecule has 2 aliphatic rings. The normalized spacial score (nSPS) is 22.8. The van der Waals surface area contributed by atoms with Crippen LogP contribution in [0.4, 0.5) is 10.6 Å². The first-order valence-electron chi connectivity index (χ1n) is 9.96. The minimum atomic E-state index is -0.545. The number of piperazine rings is 1. The van der Waals surface area contributed by atoms with Crippen molar-refractivity contribution in [1.29, 1.82) is 5.26 Å². The molecule has 0 saturated carbocycles. The lowest BCUT2D eigenvalue weighted by Crippen LogP contribution is -2.56. The van der Waals surface area contributed by atoms with Crippen LogP contribution >= 0.6 is 11.6 Å². The highest BCUT2D eigenvalue weighted by Crippen LogP contribution is 2.31. The number of anilines is 1. The highest BCUT2D eigenvalue weighted by Gasteiger charge is 2.34. The predicted molar refractivity (Wildman–Crippen MR) is 111 cm³/mol. The minimum absolute atomic E-state index is 0.141. The maximum absolute atomic E-state index is 12.5. The number of fused-ring (bicyclic) bond motifs is 1. The number of hydrogen-bond donors (Lipinski definition) is 0. The summed E-state index contributed by atoms with van der Waals surface area (Å²) in [6.07, 6.45) is 0.761. The molecule has 0 radical (unpaired) electrons. The molecular formula is C20H29ClN6O2. The lowest BCUT2D eigenvalue weighted by molar-refractivity contribution is 0.0220. The fourth-order valence-corrected chi connectivity index (χ4v) is 4.11. The van der Waals surface area contributed by atoms with Crippen LogP contribution in [0.5, 0.6) is 0 Å². The van der Waals surface area contributed by atoms with Gasteiger partial charge in [-0.15, -0.1) is 0 Å². The Morgan fingerprint density at radius 1 is 1.34 bits per heavy atom. The van der Waals surface area contributed by atoms with Crippen molar-refractivity contribution in [3.63, 3.8) is 0 Å². The largest absolute Gasteiger partial charge is 0.444 e. The molecule has 2 atom stereocenters. The van der Waals surface area contributed by atoms with Gasteiger partial charge in [0.25, 0.3) is 0 Å². The number of nitrogens with zero attached hydrogens (tertiary/aromatic N) is 6. The summed E-state index contributed by atoms with van der Waals surface area (Å²) in [5, 5.41) is 9.34. The van der Waals surface area contributed by atoms with Crippen molar-refractivity contribution in [3.8, 4) is 6.07 Å². The number of rotatable bonds is 2. The molecule has 0 unspecified atom stereocenters. The van der Waals surface area contributed by atoms with Crippen LogP contribution in [0.1, 0.15) is 45.4 Å². The van der Waals surface area contributed by atoms with E-state index >= 15 is 0 Å². The Balaban J connectivity index is 1.87. The Bertz CT molecular complexity index is 818. The number of ether oxygens (including phenoxy) is 1. The summed E-state index contributed by atoms with van der Waals surface area (Å²) in [4.78, 5) is 27.6. The van der Waals surface area contributed by atoms with E-state index in [2.05, 4.69) is 39.8 Å². The van der Waals surface area contributed by atoms with Crippen LogP contribution in [-0.2, 0) is 17.7 Å². The van der Waals surface area contributed by atoms with E-state index in [0.717, 1.165) is 23.6 Å². The SMILES string of the molecule is C[C@@H]1CN(C)[C@@H](CC#N)CN1c1nc(Cl)nc2c1CCN(C(=O)OC(C)(C)C)C2. The molecule has 9 heteroatoms. The molecule has 1 fully saturated rings. The number of amides is 1. The lowest BCUT2D eigenvalue weighted by atomic mass is 10.0. The molecule has 3 heterocycles. The third-order valence-electron chi connectivity index (χ3n) is 5.38. The fourth-order valence-electron chi connectivity index (χ4n) is 3.93. The van der Waals surface area contributed by atoms with Crippen LogP contribution in [0.15, 0.2) is 0 Å². The van der Waals surface area contributed by atoms with Gasteiger partial charge in [-0.3, -0.25) is 4.90 Å². The van der Waals surface area contributed by atoms with E-state index in [1.165, 1.54) is 0 Å². The van der Waals surface area contributed by atoms with Crippen LogP contribution in [0, 0.1) is 11.3 Å². The zero-order valence-electron chi connectivity index (χ0n) is 17.8. The molecule has 2 aliphatic heterocycles. The van der Waals surface area contributed by atoms with Crippen LogP contribution in [0.2, 0.25) is 5.28 Å². The molecule has 8 nitrogen and oxygen atoms in total. The Hall–Kier alpha value is -2.11. The highest BCUT2D eigenvalue weighted by molar-refractivity contribution is 6.28. The van der Waals surface area contributed by atoms with Crippen molar-refractivity contribution >= 4 is 23.5 Å². The lowest BCUT2D eigenvalue weighted by Gasteiger charge is -2.44. The Labute approximate surface area is 177 Å². The maximum atomic E-state index is 12.5. The van der Waals surface area contributed by atoms with Crippen molar-refractivity contribution in [2.45, 2.75) is 64.8 Å². The summed E-state index contributed by atoms with van der Waals surface area (Å²) < 4.78 is 5.50. The molecule has 0 aromatic carbocycles.